The first-order chi connectivity index (χ1) is 8.66. The van der Waals surface area contributed by atoms with Gasteiger partial charge >= 0.3 is 0 Å². The quantitative estimate of drug-likeness (QED) is 0.793. The zero-order valence-corrected chi connectivity index (χ0v) is 10.6. The van der Waals surface area contributed by atoms with Crippen molar-refractivity contribution in [3.8, 4) is 0 Å². The number of rotatable bonds is 1. The number of hydrogen-bond acceptors (Lipinski definition) is 4. The number of nitrogen functional groups attached to an aromatic ring is 2. The summed E-state index contributed by atoms with van der Waals surface area (Å²) in [6, 6.07) is 0. The molecule has 0 aromatic carbocycles. The molecule has 0 radical (unpaired) electrons. The molecule has 96 valence electrons. The summed E-state index contributed by atoms with van der Waals surface area (Å²) in [4.78, 5) is 0. The summed E-state index contributed by atoms with van der Waals surface area (Å²) >= 11 is 0. The van der Waals surface area contributed by atoms with Crippen molar-refractivity contribution in [1.29, 1.82) is 0 Å². The van der Waals surface area contributed by atoms with Crippen LogP contribution in [0.5, 0.6) is 0 Å². The number of aromatic nitrogens is 2. The van der Waals surface area contributed by atoms with Crippen molar-refractivity contribution >= 4 is 11.4 Å². The Bertz CT molecular complexity index is 461. The van der Waals surface area contributed by atoms with Gasteiger partial charge in [-0.2, -0.15) is 10.2 Å². The summed E-state index contributed by atoms with van der Waals surface area (Å²) in [5.74, 6) is 2.66. The monoisotopic (exact) mass is 244 g/mol. The molecule has 0 saturated heterocycles. The van der Waals surface area contributed by atoms with Crippen LogP contribution in [0.15, 0.2) is 6.20 Å². The van der Waals surface area contributed by atoms with Crippen molar-refractivity contribution in [1.82, 2.24) is 10.2 Å². The Hall–Kier alpha value is -1.32. The molecule has 0 unspecified atom stereocenters. The Balaban J connectivity index is 1.81. The average molecular weight is 244 g/mol. The standard InChI is InChI=1S/C14H20N4/c15-11-7-17-18-13(12(11)16)14-4-8-1-9(5-14)3-10(2-8)6-14/h7-10H,1-6H2,(H2,15,18)(H2,16,17). The molecule has 4 N–H and O–H groups in total. The first kappa shape index (κ1) is 10.6. The second-order valence-corrected chi connectivity index (χ2v) is 6.76. The van der Waals surface area contributed by atoms with Crippen LogP contribution in [0, 0.1) is 17.8 Å². The third kappa shape index (κ3) is 1.32. The highest BCUT2D eigenvalue weighted by Gasteiger charge is 2.53. The van der Waals surface area contributed by atoms with E-state index in [1.807, 2.05) is 0 Å². The predicted octanol–water partition coefficient (Wildman–Crippen LogP) is 2.11. The van der Waals surface area contributed by atoms with Crippen molar-refractivity contribution in [2.24, 2.45) is 17.8 Å². The first-order valence-corrected chi connectivity index (χ1v) is 7.03. The summed E-state index contributed by atoms with van der Waals surface area (Å²) in [5, 5.41) is 8.42. The zero-order chi connectivity index (χ0) is 12.3. The molecule has 5 rings (SSSR count). The van der Waals surface area contributed by atoms with Crippen LogP contribution in [0.3, 0.4) is 0 Å². The van der Waals surface area contributed by atoms with Crippen LogP contribution in [-0.4, -0.2) is 10.2 Å². The number of nitrogens with two attached hydrogens (primary N) is 2. The van der Waals surface area contributed by atoms with E-state index in [-0.39, 0.29) is 5.41 Å². The molecule has 0 spiro atoms. The van der Waals surface area contributed by atoms with Crippen molar-refractivity contribution in [2.45, 2.75) is 43.9 Å². The van der Waals surface area contributed by atoms with Gasteiger partial charge in [0.1, 0.15) is 0 Å². The van der Waals surface area contributed by atoms with Crippen molar-refractivity contribution in [2.75, 3.05) is 11.5 Å². The highest BCUT2D eigenvalue weighted by atomic mass is 15.1. The SMILES string of the molecule is Nc1cnnc(C23CC4CC(CC(C4)C2)C3)c1N. The Kier molecular flexibility index (Phi) is 1.98. The minimum absolute atomic E-state index is 0.196. The van der Waals surface area contributed by atoms with Crippen LogP contribution >= 0.6 is 0 Å². The molecule has 4 heteroatoms. The van der Waals surface area contributed by atoms with E-state index in [2.05, 4.69) is 10.2 Å². The second kappa shape index (κ2) is 3.37. The Morgan fingerprint density at radius 2 is 1.56 bits per heavy atom. The van der Waals surface area contributed by atoms with Gasteiger partial charge in [-0.05, 0) is 56.3 Å². The summed E-state index contributed by atoms with van der Waals surface area (Å²) in [5.41, 5.74) is 14.6. The van der Waals surface area contributed by atoms with Gasteiger partial charge in [-0.3, -0.25) is 0 Å². The molecule has 4 saturated carbocycles. The fourth-order valence-corrected chi connectivity index (χ4v) is 5.20. The van der Waals surface area contributed by atoms with Gasteiger partial charge in [0.05, 0.1) is 23.3 Å². The minimum Gasteiger partial charge on any atom is -0.396 e. The molecule has 4 aliphatic rings. The summed E-state index contributed by atoms with van der Waals surface area (Å²) in [6.07, 6.45) is 9.60. The van der Waals surface area contributed by atoms with Gasteiger partial charge in [-0.25, -0.2) is 0 Å². The molecule has 1 aromatic heterocycles. The summed E-state index contributed by atoms with van der Waals surface area (Å²) in [6.45, 7) is 0. The van der Waals surface area contributed by atoms with Gasteiger partial charge in [0.15, 0.2) is 0 Å². The van der Waals surface area contributed by atoms with Crippen molar-refractivity contribution in [3.63, 3.8) is 0 Å². The molecule has 0 amide bonds. The molecule has 4 aliphatic carbocycles. The maximum Gasteiger partial charge on any atom is 0.0942 e. The molecule has 0 atom stereocenters. The lowest BCUT2D eigenvalue weighted by Crippen LogP contribution is -2.49. The molecule has 18 heavy (non-hydrogen) atoms. The van der Waals surface area contributed by atoms with Crippen molar-refractivity contribution < 1.29 is 0 Å². The maximum atomic E-state index is 6.18. The second-order valence-electron chi connectivity index (χ2n) is 6.76. The Labute approximate surface area is 107 Å². The van der Waals surface area contributed by atoms with Crippen LogP contribution < -0.4 is 11.5 Å². The lowest BCUT2D eigenvalue weighted by molar-refractivity contribution is -0.00717. The van der Waals surface area contributed by atoms with Crippen LogP contribution in [0.2, 0.25) is 0 Å². The molecule has 1 heterocycles. The van der Waals surface area contributed by atoms with Crippen LogP contribution in [0.4, 0.5) is 11.4 Å². The predicted molar refractivity (Wildman–Crippen MR) is 70.7 cm³/mol. The number of anilines is 2. The molecule has 4 fully saturated rings. The molecular weight excluding hydrogens is 224 g/mol. The number of nitrogens with zero attached hydrogens (tertiary/aromatic N) is 2. The molecule has 4 bridgehead atoms. The largest absolute Gasteiger partial charge is 0.396 e. The zero-order valence-electron chi connectivity index (χ0n) is 10.6. The number of hydrogen-bond donors (Lipinski definition) is 2. The van der Waals surface area contributed by atoms with E-state index in [1.165, 1.54) is 38.5 Å². The molecular formula is C14H20N4. The highest BCUT2D eigenvalue weighted by Crippen LogP contribution is 2.61. The Morgan fingerprint density at radius 3 is 2.11 bits per heavy atom. The van der Waals surface area contributed by atoms with E-state index < -0.39 is 0 Å². The van der Waals surface area contributed by atoms with E-state index in [1.54, 1.807) is 6.20 Å². The Morgan fingerprint density at radius 1 is 1.00 bits per heavy atom. The van der Waals surface area contributed by atoms with Crippen LogP contribution in [0.25, 0.3) is 0 Å². The first-order valence-electron chi connectivity index (χ1n) is 7.03. The lowest BCUT2D eigenvalue weighted by atomic mass is 9.48. The van der Waals surface area contributed by atoms with Gasteiger partial charge in [-0.1, -0.05) is 0 Å². The highest BCUT2D eigenvalue weighted by molar-refractivity contribution is 5.65. The summed E-state index contributed by atoms with van der Waals surface area (Å²) < 4.78 is 0. The average Bonchev–Trinajstić information content (AvgIpc) is 2.30. The topological polar surface area (TPSA) is 77.8 Å². The molecule has 4 nitrogen and oxygen atoms in total. The van der Waals surface area contributed by atoms with E-state index in [4.69, 9.17) is 11.5 Å². The van der Waals surface area contributed by atoms with Crippen molar-refractivity contribution in [3.05, 3.63) is 11.9 Å². The van der Waals surface area contributed by atoms with E-state index >= 15 is 0 Å². The smallest absolute Gasteiger partial charge is 0.0942 e. The van der Waals surface area contributed by atoms with Gasteiger partial charge in [0.2, 0.25) is 0 Å². The molecule has 1 aromatic rings. The van der Waals surface area contributed by atoms with E-state index in [9.17, 15) is 0 Å². The fourth-order valence-electron chi connectivity index (χ4n) is 5.20. The van der Waals surface area contributed by atoms with Gasteiger partial charge < -0.3 is 11.5 Å². The van der Waals surface area contributed by atoms with Crippen LogP contribution in [-0.2, 0) is 5.41 Å². The maximum absolute atomic E-state index is 6.18. The third-order valence-electron chi connectivity index (χ3n) is 5.46. The van der Waals surface area contributed by atoms with E-state index in [0.717, 1.165) is 23.4 Å². The minimum atomic E-state index is 0.196. The van der Waals surface area contributed by atoms with E-state index in [0.29, 0.717) is 11.4 Å². The van der Waals surface area contributed by atoms with Gasteiger partial charge in [0, 0.05) is 5.41 Å². The lowest BCUT2D eigenvalue weighted by Gasteiger charge is -2.56. The van der Waals surface area contributed by atoms with Gasteiger partial charge in [-0.15, -0.1) is 0 Å². The summed E-state index contributed by atoms with van der Waals surface area (Å²) in [7, 11) is 0. The molecule has 0 aliphatic heterocycles. The van der Waals surface area contributed by atoms with Gasteiger partial charge in [0.25, 0.3) is 0 Å². The normalized spacial score (nSPS) is 41.2. The van der Waals surface area contributed by atoms with Crippen LogP contribution in [0.1, 0.15) is 44.2 Å². The fraction of sp³-hybridized carbons (Fsp3) is 0.714. The third-order valence-corrected chi connectivity index (χ3v) is 5.46.